The molecule has 3 aliphatic carbocycles. The van der Waals surface area contributed by atoms with E-state index >= 15 is 0 Å². The van der Waals surface area contributed by atoms with E-state index in [-0.39, 0.29) is 29.6 Å². The molecule has 2 atom stereocenters. The van der Waals surface area contributed by atoms with Crippen molar-refractivity contribution in [3.05, 3.63) is 155 Å². The molecule has 0 aromatic heterocycles. The van der Waals surface area contributed by atoms with Crippen molar-refractivity contribution in [3.8, 4) is 11.1 Å². The summed E-state index contributed by atoms with van der Waals surface area (Å²) in [5, 5.41) is 2.92. The van der Waals surface area contributed by atoms with E-state index in [2.05, 4.69) is 29.6 Å². The molecule has 1 aliphatic heterocycles. The van der Waals surface area contributed by atoms with Gasteiger partial charge in [-0.2, -0.15) is 0 Å². The Bertz CT molecular complexity index is 1760. The van der Waals surface area contributed by atoms with Gasteiger partial charge < -0.3 is 5.32 Å². The molecular weight excluding hydrogens is 520 g/mol. The smallest absolute Gasteiger partial charge is 0.255 e. The summed E-state index contributed by atoms with van der Waals surface area (Å²) in [6.07, 6.45) is 0. The van der Waals surface area contributed by atoms with Crippen LogP contribution >= 0.6 is 0 Å². The summed E-state index contributed by atoms with van der Waals surface area (Å²) < 4.78 is 0. The Kier molecular flexibility index (Phi) is 5.47. The Morgan fingerprint density at radius 1 is 0.524 bits per heavy atom. The van der Waals surface area contributed by atoms with Crippen LogP contribution in [-0.2, 0) is 9.59 Å². The minimum atomic E-state index is -0.398. The predicted octanol–water partition coefficient (Wildman–Crippen LogP) is 7.00. The summed E-state index contributed by atoms with van der Waals surface area (Å²) in [5.41, 5.74) is 8.51. The number of rotatable bonds is 4. The summed E-state index contributed by atoms with van der Waals surface area (Å²) in [4.78, 5) is 41.9. The number of nitrogens with one attached hydrogen (secondary N) is 1. The molecule has 4 aliphatic rings. The van der Waals surface area contributed by atoms with E-state index in [0.29, 0.717) is 16.9 Å². The first-order valence-electron chi connectivity index (χ1n) is 14.2. The van der Waals surface area contributed by atoms with Crippen LogP contribution in [0.25, 0.3) is 11.1 Å². The lowest BCUT2D eigenvalue weighted by atomic mass is 9.55. The molecule has 2 bridgehead atoms. The van der Waals surface area contributed by atoms with E-state index in [1.165, 1.54) is 27.2 Å². The van der Waals surface area contributed by atoms with E-state index in [0.717, 1.165) is 11.1 Å². The van der Waals surface area contributed by atoms with Gasteiger partial charge in [0.05, 0.1) is 17.5 Å². The third-order valence-electron chi connectivity index (χ3n) is 9.09. The van der Waals surface area contributed by atoms with E-state index in [1.54, 1.807) is 12.1 Å². The van der Waals surface area contributed by atoms with Gasteiger partial charge in [-0.1, -0.05) is 91.0 Å². The van der Waals surface area contributed by atoms with Crippen molar-refractivity contribution >= 4 is 29.1 Å². The standard InChI is InChI=1S/C37H26N2O3/c40-35(24-8-2-1-3-9-24)38-25-18-14-22(15-19-25)23-16-20-26(21-17-23)39-36(41)33-31-27-10-4-5-11-28(27)32(34(33)37(39)42)30-13-7-6-12-29(30)31/h1-21,31-34H,(H,38,40)/t31?,32?,33-,34+. The van der Waals surface area contributed by atoms with Crippen molar-refractivity contribution < 1.29 is 14.4 Å². The van der Waals surface area contributed by atoms with Crippen LogP contribution in [0.5, 0.6) is 0 Å². The van der Waals surface area contributed by atoms with Crippen molar-refractivity contribution in [2.75, 3.05) is 10.2 Å². The van der Waals surface area contributed by atoms with Gasteiger partial charge >= 0.3 is 0 Å². The number of hydrogen-bond donors (Lipinski definition) is 1. The van der Waals surface area contributed by atoms with Gasteiger partial charge in [-0.25, -0.2) is 4.90 Å². The van der Waals surface area contributed by atoms with Gasteiger partial charge in [-0.3, -0.25) is 14.4 Å². The molecule has 9 rings (SSSR count). The topological polar surface area (TPSA) is 66.5 Å². The Labute approximate surface area is 243 Å². The fourth-order valence-electron chi connectivity index (χ4n) is 7.27. The van der Waals surface area contributed by atoms with Crippen LogP contribution < -0.4 is 10.2 Å². The molecule has 3 amide bonds. The number of anilines is 2. The van der Waals surface area contributed by atoms with Crippen LogP contribution in [0.2, 0.25) is 0 Å². The van der Waals surface area contributed by atoms with Crippen LogP contribution in [0.3, 0.4) is 0 Å². The van der Waals surface area contributed by atoms with Gasteiger partial charge in [0.2, 0.25) is 11.8 Å². The number of imide groups is 1. The Morgan fingerprint density at radius 3 is 1.43 bits per heavy atom. The number of carbonyl (C=O) groups excluding carboxylic acids is 3. The maximum absolute atomic E-state index is 14.0. The maximum atomic E-state index is 14.0. The first-order chi connectivity index (χ1) is 20.6. The number of nitrogens with zero attached hydrogens (tertiary/aromatic N) is 1. The van der Waals surface area contributed by atoms with Crippen LogP contribution in [0.1, 0.15) is 44.4 Å². The van der Waals surface area contributed by atoms with Crippen molar-refractivity contribution in [1.29, 1.82) is 0 Å². The largest absolute Gasteiger partial charge is 0.322 e. The molecule has 5 heteroatoms. The zero-order chi connectivity index (χ0) is 28.4. The van der Waals surface area contributed by atoms with Gasteiger partial charge in [-0.15, -0.1) is 0 Å². The quantitative estimate of drug-likeness (QED) is 0.247. The predicted molar refractivity (Wildman–Crippen MR) is 162 cm³/mol. The number of hydrogen-bond acceptors (Lipinski definition) is 3. The van der Waals surface area contributed by atoms with Crippen molar-refractivity contribution in [3.63, 3.8) is 0 Å². The summed E-state index contributed by atoms with van der Waals surface area (Å²) in [6, 6.07) is 40.9. The lowest BCUT2D eigenvalue weighted by Gasteiger charge is -2.45. The first-order valence-corrected chi connectivity index (χ1v) is 14.2. The van der Waals surface area contributed by atoms with E-state index in [9.17, 15) is 14.4 Å². The molecule has 0 unspecified atom stereocenters. The molecule has 1 saturated heterocycles. The van der Waals surface area contributed by atoms with Crippen molar-refractivity contribution in [2.24, 2.45) is 11.8 Å². The SMILES string of the molecule is O=C(Nc1ccc(-c2ccc(N3C(=O)[C@@H]4C5c6ccccc6C(c6ccccc65)[C@@H]4C3=O)cc2)cc1)c1ccccc1. The lowest BCUT2D eigenvalue weighted by Crippen LogP contribution is -2.41. The zero-order valence-corrected chi connectivity index (χ0v) is 22.6. The minimum Gasteiger partial charge on any atom is -0.322 e. The average Bonchev–Trinajstić information content (AvgIpc) is 3.31. The lowest BCUT2D eigenvalue weighted by molar-refractivity contribution is -0.122. The maximum Gasteiger partial charge on any atom is 0.255 e. The first kappa shape index (κ1) is 24.5. The molecule has 42 heavy (non-hydrogen) atoms. The van der Waals surface area contributed by atoms with Crippen LogP contribution in [0.4, 0.5) is 11.4 Å². The second-order valence-electron chi connectivity index (χ2n) is 11.2. The molecule has 1 fully saturated rings. The summed E-state index contributed by atoms with van der Waals surface area (Å²) in [7, 11) is 0. The number of amides is 3. The van der Waals surface area contributed by atoms with Crippen LogP contribution in [0.15, 0.2) is 127 Å². The van der Waals surface area contributed by atoms with E-state index < -0.39 is 11.8 Å². The fourth-order valence-corrected chi connectivity index (χ4v) is 7.27. The second-order valence-corrected chi connectivity index (χ2v) is 11.2. The third-order valence-corrected chi connectivity index (χ3v) is 9.09. The highest BCUT2D eigenvalue weighted by Crippen LogP contribution is 2.61. The van der Waals surface area contributed by atoms with Gasteiger partial charge in [-0.05, 0) is 69.8 Å². The summed E-state index contributed by atoms with van der Waals surface area (Å²) in [6.45, 7) is 0. The average molecular weight is 547 g/mol. The molecule has 5 aromatic rings. The highest BCUT2D eigenvalue weighted by molar-refractivity contribution is 6.23. The monoisotopic (exact) mass is 546 g/mol. The summed E-state index contributed by atoms with van der Waals surface area (Å²) in [5.74, 6) is -1.42. The third kappa shape index (κ3) is 3.60. The van der Waals surface area contributed by atoms with Crippen LogP contribution in [0, 0.1) is 11.8 Å². The normalized spacial score (nSPS) is 21.5. The molecule has 0 radical (unpaired) electrons. The molecule has 1 N–H and O–H groups in total. The van der Waals surface area contributed by atoms with Crippen molar-refractivity contribution in [1.82, 2.24) is 0 Å². The van der Waals surface area contributed by atoms with E-state index in [4.69, 9.17) is 0 Å². The zero-order valence-electron chi connectivity index (χ0n) is 22.6. The summed E-state index contributed by atoms with van der Waals surface area (Å²) >= 11 is 0. The fraction of sp³-hybridized carbons (Fsp3) is 0.108. The molecule has 1 heterocycles. The highest BCUT2D eigenvalue weighted by Gasteiger charge is 2.61. The Morgan fingerprint density at radius 2 is 0.952 bits per heavy atom. The Balaban J connectivity index is 1.06. The molecule has 202 valence electrons. The second kappa shape index (κ2) is 9.38. The van der Waals surface area contributed by atoms with Gasteiger partial charge in [0.15, 0.2) is 0 Å². The van der Waals surface area contributed by atoms with E-state index in [1.807, 2.05) is 91.0 Å². The van der Waals surface area contributed by atoms with Crippen LogP contribution in [-0.4, -0.2) is 17.7 Å². The highest BCUT2D eigenvalue weighted by atomic mass is 16.2. The van der Waals surface area contributed by atoms with Gasteiger partial charge in [0, 0.05) is 23.1 Å². The molecule has 0 saturated carbocycles. The minimum absolute atomic E-state index is 0.115. The number of benzene rings is 5. The molecular formula is C37H26N2O3. The molecule has 5 nitrogen and oxygen atoms in total. The molecule has 0 spiro atoms. The van der Waals surface area contributed by atoms with Crippen molar-refractivity contribution in [2.45, 2.75) is 11.8 Å². The van der Waals surface area contributed by atoms with Gasteiger partial charge in [0.1, 0.15) is 0 Å². The van der Waals surface area contributed by atoms with Gasteiger partial charge in [0.25, 0.3) is 5.91 Å². The molecule has 5 aromatic carbocycles. The number of carbonyl (C=O) groups is 3. The Hall–Kier alpha value is -5.29.